The Morgan fingerprint density at radius 3 is 3.36 bits per heavy atom. The van der Waals surface area contributed by atoms with Gasteiger partial charge in [0, 0.05) is 24.8 Å². The molecule has 0 bridgehead atoms. The standard InChI is InChI=1S/C7H9N3O/c1-5-4-9-7-8-2-3-10(7)6(5)11/h4H,2-3H2,1H3,(H,8,9). The van der Waals surface area contributed by atoms with Crippen molar-refractivity contribution < 1.29 is 0 Å². The van der Waals surface area contributed by atoms with Crippen LogP contribution in [0, 0.1) is 6.92 Å². The summed E-state index contributed by atoms with van der Waals surface area (Å²) in [4.78, 5) is 15.4. The van der Waals surface area contributed by atoms with E-state index in [1.807, 2.05) is 0 Å². The predicted molar refractivity (Wildman–Crippen MR) is 41.7 cm³/mol. The van der Waals surface area contributed by atoms with Crippen LogP contribution in [0.25, 0.3) is 0 Å². The van der Waals surface area contributed by atoms with Gasteiger partial charge in [-0.25, -0.2) is 4.98 Å². The van der Waals surface area contributed by atoms with Crippen molar-refractivity contribution in [2.75, 3.05) is 11.9 Å². The van der Waals surface area contributed by atoms with Crippen LogP contribution in [-0.2, 0) is 6.54 Å². The molecule has 0 fully saturated rings. The molecule has 1 aromatic rings. The highest BCUT2D eigenvalue weighted by molar-refractivity contribution is 5.30. The summed E-state index contributed by atoms with van der Waals surface area (Å²) in [5.41, 5.74) is 0.775. The fourth-order valence-electron chi connectivity index (χ4n) is 1.22. The van der Waals surface area contributed by atoms with Crippen molar-refractivity contribution in [1.29, 1.82) is 0 Å². The summed E-state index contributed by atoms with van der Waals surface area (Å²) in [6, 6.07) is 0. The van der Waals surface area contributed by atoms with Crippen molar-refractivity contribution >= 4 is 5.95 Å². The molecule has 0 aromatic carbocycles. The monoisotopic (exact) mass is 151 g/mol. The van der Waals surface area contributed by atoms with Crippen LogP contribution in [0.3, 0.4) is 0 Å². The molecule has 0 saturated carbocycles. The highest BCUT2D eigenvalue weighted by Crippen LogP contribution is 2.05. The Hall–Kier alpha value is -1.32. The Bertz CT molecular complexity index is 342. The molecule has 0 atom stereocenters. The number of nitrogens with one attached hydrogen (secondary N) is 1. The molecular weight excluding hydrogens is 142 g/mol. The van der Waals surface area contributed by atoms with Gasteiger partial charge in [-0.15, -0.1) is 0 Å². The Morgan fingerprint density at radius 2 is 2.55 bits per heavy atom. The van der Waals surface area contributed by atoms with E-state index in [9.17, 15) is 4.79 Å². The van der Waals surface area contributed by atoms with E-state index in [0.29, 0.717) is 11.5 Å². The Balaban J connectivity index is 2.72. The van der Waals surface area contributed by atoms with E-state index in [1.54, 1.807) is 17.7 Å². The van der Waals surface area contributed by atoms with Crippen molar-refractivity contribution in [1.82, 2.24) is 9.55 Å². The summed E-state index contributed by atoms with van der Waals surface area (Å²) in [6.07, 6.45) is 1.60. The van der Waals surface area contributed by atoms with Crippen LogP contribution in [0.4, 0.5) is 5.95 Å². The average Bonchev–Trinajstić information content (AvgIpc) is 2.45. The number of hydrogen-bond acceptors (Lipinski definition) is 3. The lowest BCUT2D eigenvalue weighted by molar-refractivity contribution is 0.754. The third kappa shape index (κ3) is 0.824. The van der Waals surface area contributed by atoms with Gasteiger partial charge in [-0.05, 0) is 6.92 Å². The predicted octanol–water partition coefficient (Wildman–Crippen LogP) is -0.0228. The van der Waals surface area contributed by atoms with Crippen LogP contribution >= 0.6 is 0 Å². The number of hydrogen-bond donors (Lipinski definition) is 1. The van der Waals surface area contributed by atoms with Crippen LogP contribution in [-0.4, -0.2) is 16.1 Å². The van der Waals surface area contributed by atoms with E-state index in [-0.39, 0.29) is 5.56 Å². The molecule has 0 unspecified atom stereocenters. The molecular formula is C7H9N3O. The van der Waals surface area contributed by atoms with Gasteiger partial charge < -0.3 is 5.32 Å². The van der Waals surface area contributed by atoms with Gasteiger partial charge in [0.15, 0.2) is 0 Å². The van der Waals surface area contributed by atoms with Crippen molar-refractivity contribution in [2.24, 2.45) is 0 Å². The molecule has 1 aliphatic rings. The maximum absolute atomic E-state index is 11.3. The summed E-state index contributed by atoms with van der Waals surface area (Å²) < 4.78 is 1.66. The molecule has 4 heteroatoms. The van der Waals surface area contributed by atoms with Crippen molar-refractivity contribution in [3.63, 3.8) is 0 Å². The highest BCUT2D eigenvalue weighted by Gasteiger charge is 2.11. The second-order valence-electron chi connectivity index (χ2n) is 2.65. The summed E-state index contributed by atoms with van der Waals surface area (Å²) in [6.45, 7) is 3.33. The molecule has 1 aromatic heterocycles. The van der Waals surface area contributed by atoms with Gasteiger partial charge in [0.1, 0.15) is 0 Å². The van der Waals surface area contributed by atoms with E-state index >= 15 is 0 Å². The molecule has 1 aliphatic heterocycles. The van der Waals surface area contributed by atoms with Gasteiger partial charge in [0.2, 0.25) is 5.95 Å². The first-order chi connectivity index (χ1) is 5.29. The first kappa shape index (κ1) is 6.39. The van der Waals surface area contributed by atoms with Gasteiger partial charge in [0.05, 0.1) is 0 Å². The number of fused-ring (bicyclic) bond motifs is 1. The molecule has 0 saturated heterocycles. The largest absolute Gasteiger partial charge is 0.354 e. The summed E-state index contributed by atoms with van der Waals surface area (Å²) in [5.74, 6) is 0.695. The number of aromatic nitrogens is 2. The van der Waals surface area contributed by atoms with Crippen LogP contribution in [0.15, 0.2) is 11.0 Å². The lowest BCUT2D eigenvalue weighted by atomic mass is 10.4. The van der Waals surface area contributed by atoms with Crippen molar-refractivity contribution in [2.45, 2.75) is 13.5 Å². The lowest BCUT2D eigenvalue weighted by Gasteiger charge is -1.99. The topological polar surface area (TPSA) is 46.9 Å². The first-order valence-electron chi connectivity index (χ1n) is 3.59. The SMILES string of the molecule is Cc1cnc2n(c1=O)CCN2. The van der Waals surface area contributed by atoms with Gasteiger partial charge in [0.25, 0.3) is 5.56 Å². The zero-order chi connectivity index (χ0) is 7.84. The minimum atomic E-state index is 0.0694. The van der Waals surface area contributed by atoms with Crippen LogP contribution in [0.5, 0.6) is 0 Å². The van der Waals surface area contributed by atoms with Gasteiger partial charge in [-0.2, -0.15) is 0 Å². The van der Waals surface area contributed by atoms with Crippen LogP contribution in [0.1, 0.15) is 5.56 Å². The Labute approximate surface area is 63.9 Å². The third-order valence-corrected chi connectivity index (χ3v) is 1.84. The fourth-order valence-corrected chi connectivity index (χ4v) is 1.22. The fraction of sp³-hybridized carbons (Fsp3) is 0.429. The van der Waals surface area contributed by atoms with Gasteiger partial charge >= 0.3 is 0 Å². The molecule has 0 amide bonds. The molecule has 58 valence electrons. The van der Waals surface area contributed by atoms with E-state index in [4.69, 9.17) is 0 Å². The Kier molecular flexibility index (Phi) is 1.21. The zero-order valence-electron chi connectivity index (χ0n) is 6.29. The average molecular weight is 151 g/mol. The summed E-state index contributed by atoms with van der Waals surface area (Å²) in [5, 5.41) is 3.02. The minimum Gasteiger partial charge on any atom is -0.354 e. The Morgan fingerprint density at radius 1 is 1.73 bits per heavy atom. The smallest absolute Gasteiger partial charge is 0.257 e. The van der Waals surface area contributed by atoms with E-state index in [0.717, 1.165) is 13.1 Å². The molecule has 4 nitrogen and oxygen atoms in total. The maximum Gasteiger partial charge on any atom is 0.257 e. The van der Waals surface area contributed by atoms with Gasteiger partial charge in [-0.1, -0.05) is 0 Å². The molecule has 11 heavy (non-hydrogen) atoms. The molecule has 0 spiro atoms. The molecule has 0 radical (unpaired) electrons. The normalized spacial score (nSPS) is 14.3. The summed E-state index contributed by atoms with van der Waals surface area (Å²) in [7, 11) is 0. The maximum atomic E-state index is 11.3. The molecule has 1 N–H and O–H groups in total. The third-order valence-electron chi connectivity index (χ3n) is 1.84. The van der Waals surface area contributed by atoms with Crippen LogP contribution < -0.4 is 10.9 Å². The number of rotatable bonds is 0. The van der Waals surface area contributed by atoms with E-state index in [1.165, 1.54) is 0 Å². The quantitative estimate of drug-likeness (QED) is 0.566. The second kappa shape index (κ2) is 2.08. The molecule has 2 heterocycles. The number of anilines is 1. The van der Waals surface area contributed by atoms with Crippen molar-refractivity contribution in [3.8, 4) is 0 Å². The minimum absolute atomic E-state index is 0.0694. The number of nitrogens with zero attached hydrogens (tertiary/aromatic N) is 2. The zero-order valence-corrected chi connectivity index (χ0v) is 6.29. The number of aryl methyl sites for hydroxylation is 1. The second-order valence-corrected chi connectivity index (χ2v) is 2.65. The van der Waals surface area contributed by atoms with E-state index < -0.39 is 0 Å². The van der Waals surface area contributed by atoms with Crippen LogP contribution in [0.2, 0.25) is 0 Å². The van der Waals surface area contributed by atoms with E-state index in [2.05, 4.69) is 10.3 Å². The lowest BCUT2D eigenvalue weighted by Crippen LogP contribution is -2.20. The van der Waals surface area contributed by atoms with Crippen molar-refractivity contribution in [3.05, 3.63) is 22.1 Å². The highest BCUT2D eigenvalue weighted by atomic mass is 16.1. The summed E-state index contributed by atoms with van der Waals surface area (Å²) >= 11 is 0. The van der Waals surface area contributed by atoms with Gasteiger partial charge in [-0.3, -0.25) is 9.36 Å². The first-order valence-corrected chi connectivity index (χ1v) is 3.59. The molecule has 0 aliphatic carbocycles. The molecule has 2 rings (SSSR count).